The highest BCUT2D eigenvalue weighted by Gasteiger charge is 2.10. The molecule has 1 amide bonds. The number of benzene rings is 3. The Hall–Kier alpha value is -3.71. The predicted octanol–water partition coefficient (Wildman–Crippen LogP) is 4.59. The molecular formula is C21H16ClN3O4. The zero-order valence-corrected chi connectivity index (χ0v) is 15.9. The van der Waals surface area contributed by atoms with Crippen LogP contribution in [0.2, 0.25) is 5.02 Å². The van der Waals surface area contributed by atoms with Crippen molar-refractivity contribution in [1.29, 1.82) is 0 Å². The average Bonchev–Trinajstić information content (AvgIpc) is 2.73. The van der Waals surface area contributed by atoms with Crippen molar-refractivity contribution in [2.24, 2.45) is 5.10 Å². The third-order valence-corrected chi connectivity index (χ3v) is 4.11. The normalized spacial score (nSPS) is 10.7. The van der Waals surface area contributed by atoms with Crippen molar-refractivity contribution < 1.29 is 14.5 Å². The number of hydrogen-bond acceptors (Lipinski definition) is 5. The number of hydrogen-bond donors (Lipinski definition) is 1. The summed E-state index contributed by atoms with van der Waals surface area (Å²) in [4.78, 5) is 22.2. The van der Waals surface area contributed by atoms with Gasteiger partial charge in [-0.05, 0) is 53.6 Å². The van der Waals surface area contributed by atoms with Gasteiger partial charge in [0.05, 0.1) is 11.1 Å². The van der Waals surface area contributed by atoms with E-state index in [0.717, 1.165) is 11.1 Å². The summed E-state index contributed by atoms with van der Waals surface area (Å²) in [5.41, 5.74) is 4.05. The summed E-state index contributed by atoms with van der Waals surface area (Å²) in [6.45, 7) is 0.396. The van der Waals surface area contributed by atoms with Crippen LogP contribution in [-0.2, 0) is 6.61 Å². The topological polar surface area (TPSA) is 93.8 Å². The first-order valence-corrected chi connectivity index (χ1v) is 8.94. The fourth-order valence-corrected chi connectivity index (χ4v) is 2.65. The number of hydrazone groups is 1. The van der Waals surface area contributed by atoms with Crippen molar-refractivity contribution in [2.45, 2.75) is 6.61 Å². The van der Waals surface area contributed by atoms with Crippen LogP contribution in [0.1, 0.15) is 21.5 Å². The number of nitro benzene ring substituents is 1. The number of rotatable bonds is 7. The van der Waals surface area contributed by atoms with Crippen LogP contribution in [0, 0.1) is 10.1 Å². The molecule has 8 heteroatoms. The van der Waals surface area contributed by atoms with E-state index in [0.29, 0.717) is 17.4 Å². The Bertz CT molecular complexity index is 1050. The standard InChI is InChI=1S/C21H16ClN3O4/c22-18-5-1-3-16(11-18)14-29-20-9-7-15(8-10-20)13-23-24-21(26)17-4-2-6-19(12-17)25(27)28/h1-13H,14H2,(H,24,26)/b23-13-. The lowest BCUT2D eigenvalue weighted by molar-refractivity contribution is -0.384. The van der Waals surface area contributed by atoms with E-state index < -0.39 is 10.8 Å². The van der Waals surface area contributed by atoms with E-state index in [-0.39, 0.29) is 11.3 Å². The molecule has 1 N–H and O–H groups in total. The predicted molar refractivity (Wildman–Crippen MR) is 110 cm³/mol. The van der Waals surface area contributed by atoms with Gasteiger partial charge in [0, 0.05) is 22.7 Å². The summed E-state index contributed by atoms with van der Waals surface area (Å²) in [7, 11) is 0. The summed E-state index contributed by atoms with van der Waals surface area (Å²) >= 11 is 5.95. The number of ether oxygens (including phenoxy) is 1. The largest absolute Gasteiger partial charge is 0.489 e. The van der Waals surface area contributed by atoms with Gasteiger partial charge < -0.3 is 4.74 Å². The molecule has 0 aliphatic rings. The van der Waals surface area contributed by atoms with Crippen LogP contribution in [-0.4, -0.2) is 17.0 Å². The van der Waals surface area contributed by atoms with Gasteiger partial charge >= 0.3 is 0 Å². The van der Waals surface area contributed by atoms with Crippen molar-refractivity contribution >= 4 is 29.4 Å². The molecule has 0 bridgehead atoms. The van der Waals surface area contributed by atoms with Crippen molar-refractivity contribution in [3.63, 3.8) is 0 Å². The molecule has 0 spiro atoms. The first-order chi connectivity index (χ1) is 14.0. The van der Waals surface area contributed by atoms with Crippen LogP contribution >= 0.6 is 11.6 Å². The highest BCUT2D eigenvalue weighted by molar-refractivity contribution is 6.30. The summed E-state index contributed by atoms with van der Waals surface area (Å²) in [5, 5.41) is 15.3. The van der Waals surface area contributed by atoms with E-state index in [9.17, 15) is 14.9 Å². The van der Waals surface area contributed by atoms with E-state index >= 15 is 0 Å². The fourth-order valence-electron chi connectivity index (χ4n) is 2.43. The summed E-state index contributed by atoms with van der Waals surface area (Å²) in [6, 6.07) is 20.0. The molecule has 29 heavy (non-hydrogen) atoms. The Morgan fingerprint density at radius 1 is 1.10 bits per heavy atom. The van der Waals surface area contributed by atoms with Crippen LogP contribution in [0.25, 0.3) is 0 Å². The van der Waals surface area contributed by atoms with Crippen LogP contribution in [0.15, 0.2) is 77.9 Å². The SMILES string of the molecule is O=C(N/N=C\c1ccc(OCc2cccc(Cl)c2)cc1)c1cccc([N+](=O)[O-])c1. The third kappa shape index (κ3) is 5.88. The van der Waals surface area contributed by atoms with Crippen molar-refractivity contribution in [2.75, 3.05) is 0 Å². The van der Waals surface area contributed by atoms with Gasteiger partial charge in [-0.3, -0.25) is 14.9 Å². The molecule has 0 heterocycles. The van der Waals surface area contributed by atoms with Crippen molar-refractivity contribution in [1.82, 2.24) is 5.43 Å². The van der Waals surface area contributed by atoms with Crippen LogP contribution < -0.4 is 10.2 Å². The first-order valence-electron chi connectivity index (χ1n) is 8.56. The minimum absolute atomic E-state index is 0.154. The number of nitro groups is 1. The Morgan fingerprint density at radius 2 is 1.86 bits per heavy atom. The molecule has 0 saturated carbocycles. The van der Waals surface area contributed by atoms with Crippen LogP contribution in [0.3, 0.4) is 0 Å². The lowest BCUT2D eigenvalue weighted by Crippen LogP contribution is -2.17. The second-order valence-electron chi connectivity index (χ2n) is 5.99. The Kier molecular flexibility index (Phi) is 6.55. The zero-order valence-electron chi connectivity index (χ0n) is 15.1. The van der Waals surface area contributed by atoms with E-state index in [4.69, 9.17) is 16.3 Å². The van der Waals surface area contributed by atoms with Gasteiger partial charge in [0.15, 0.2) is 0 Å². The number of nitrogens with zero attached hydrogens (tertiary/aromatic N) is 2. The second kappa shape index (κ2) is 9.48. The Labute approximate surface area is 171 Å². The molecule has 0 atom stereocenters. The minimum Gasteiger partial charge on any atom is -0.489 e. The molecule has 0 aliphatic carbocycles. The number of non-ortho nitro benzene ring substituents is 1. The Balaban J connectivity index is 1.54. The minimum atomic E-state index is -0.559. The molecule has 0 unspecified atom stereocenters. The molecule has 0 fully saturated rings. The Morgan fingerprint density at radius 3 is 2.59 bits per heavy atom. The van der Waals surface area contributed by atoms with Gasteiger partial charge in [-0.15, -0.1) is 0 Å². The smallest absolute Gasteiger partial charge is 0.271 e. The van der Waals surface area contributed by atoms with E-state index in [1.165, 1.54) is 30.5 Å². The van der Waals surface area contributed by atoms with Gasteiger partial charge in [-0.1, -0.05) is 29.8 Å². The summed E-state index contributed by atoms with van der Waals surface area (Å²) in [6.07, 6.45) is 1.47. The van der Waals surface area contributed by atoms with E-state index in [1.807, 2.05) is 18.2 Å². The van der Waals surface area contributed by atoms with Crippen molar-refractivity contribution in [3.05, 3.63) is 105 Å². The quantitative estimate of drug-likeness (QED) is 0.351. The summed E-state index contributed by atoms with van der Waals surface area (Å²) in [5.74, 6) is 0.147. The number of carbonyl (C=O) groups is 1. The van der Waals surface area contributed by atoms with E-state index in [1.54, 1.807) is 30.3 Å². The molecule has 0 radical (unpaired) electrons. The molecule has 0 aromatic heterocycles. The van der Waals surface area contributed by atoms with Gasteiger partial charge in [0.25, 0.3) is 11.6 Å². The lowest BCUT2D eigenvalue weighted by atomic mass is 10.2. The van der Waals surface area contributed by atoms with Crippen LogP contribution in [0.4, 0.5) is 5.69 Å². The molecule has 3 aromatic carbocycles. The van der Waals surface area contributed by atoms with Gasteiger partial charge in [-0.2, -0.15) is 5.10 Å². The highest BCUT2D eigenvalue weighted by Crippen LogP contribution is 2.16. The number of nitrogens with one attached hydrogen (secondary N) is 1. The number of halogens is 1. The molecule has 146 valence electrons. The second-order valence-corrected chi connectivity index (χ2v) is 6.43. The number of carbonyl (C=O) groups excluding carboxylic acids is 1. The van der Waals surface area contributed by atoms with E-state index in [2.05, 4.69) is 10.5 Å². The maximum absolute atomic E-state index is 12.0. The zero-order chi connectivity index (χ0) is 20.6. The summed E-state index contributed by atoms with van der Waals surface area (Å²) < 4.78 is 5.71. The van der Waals surface area contributed by atoms with Gasteiger partial charge in [-0.25, -0.2) is 5.43 Å². The maximum atomic E-state index is 12.0. The van der Waals surface area contributed by atoms with Gasteiger partial charge in [0.1, 0.15) is 12.4 Å². The molecule has 3 rings (SSSR count). The molecule has 0 saturated heterocycles. The molecule has 7 nitrogen and oxygen atoms in total. The first kappa shape index (κ1) is 20.0. The molecular weight excluding hydrogens is 394 g/mol. The average molecular weight is 410 g/mol. The van der Waals surface area contributed by atoms with Crippen LogP contribution in [0.5, 0.6) is 5.75 Å². The lowest BCUT2D eigenvalue weighted by Gasteiger charge is -2.06. The monoisotopic (exact) mass is 409 g/mol. The molecule has 0 aliphatic heterocycles. The highest BCUT2D eigenvalue weighted by atomic mass is 35.5. The maximum Gasteiger partial charge on any atom is 0.271 e. The third-order valence-electron chi connectivity index (χ3n) is 3.87. The van der Waals surface area contributed by atoms with Gasteiger partial charge in [0.2, 0.25) is 0 Å². The van der Waals surface area contributed by atoms with Crippen molar-refractivity contribution in [3.8, 4) is 5.75 Å². The molecule has 3 aromatic rings. The number of amides is 1. The fraction of sp³-hybridized carbons (Fsp3) is 0.0476.